The largest absolute Gasteiger partial charge is 0.335 e. The molecule has 0 spiro atoms. The maximum Gasteiger partial charge on any atom is 0.223 e. The molecule has 0 atom stereocenters. The highest BCUT2D eigenvalue weighted by atomic mass is 19.1. The van der Waals surface area contributed by atoms with E-state index in [9.17, 15) is 13.6 Å². The third kappa shape index (κ3) is 4.15. The molecule has 1 amide bonds. The topological polar surface area (TPSA) is 20.3 Å². The molecule has 1 aliphatic carbocycles. The predicted octanol–water partition coefficient (Wildman–Crippen LogP) is 4.09. The third-order valence-corrected chi connectivity index (χ3v) is 4.12. The highest BCUT2D eigenvalue weighted by molar-refractivity contribution is 5.77. The Morgan fingerprint density at radius 1 is 1.09 bits per heavy atom. The average molecular weight is 315 g/mol. The monoisotopic (exact) mass is 315 g/mol. The zero-order valence-corrected chi connectivity index (χ0v) is 12.8. The second-order valence-electron chi connectivity index (χ2n) is 5.97. The van der Waals surface area contributed by atoms with Gasteiger partial charge in [-0.25, -0.2) is 8.78 Å². The zero-order valence-electron chi connectivity index (χ0n) is 12.8. The van der Waals surface area contributed by atoms with E-state index < -0.39 is 0 Å². The standard InChI is InChI=1S/C19H19F2NO/c20-16-6-3-4-14(12-16)13-22(17-9-10-17)19(23)11-8-15-5-1-2-7-18(15)21/h1-7,12,17H,8-11,13H2. The van der Waals surface area contributed by atoms with E-state index in [1.807, 2.05) is 6.07 Å². The predicted molar refractivity (Wildman–Crippen MR) is 84.7 cm³/mol. The van der Waals surface area contributed by atoms with Gasteiger partial charge in [-0.1, -0.05) is 30.3 Å². The zero-order chi connectivity index (χ0) is 16.2. The van der Waals surface area contributed by atoms with Gasteiger partial charge in [-0.05, 0) is 48.6 Å². The van der Waals surface area contributed by atoms with E-state index >= 15 is 0 Å². The Morgan fingerprint density at radius 3 is 2.57 bits per heavy atom. The molecular weight excluding hydrogens is 296 g/mol. The van der Waals surface area contributed by atoms with E-state index in [2.05, 4.69) is 0 Å². The lowest BCUT2D eigenvalue weighted by atomic mass is 10.1. The Balaban J connectivity index is 1.64. The summed E-state index contributed by atoms with van der Waals surface area (Å²) in [5.41, 5.74) is 1.35. The van der Waals surface area contributed by atoms with Crippen LogP contribution >= 0.6 is 0 Å². The molecule has 0 saturated heterocycles. The van der Waals surface area contributed by atoms with E-state index in [-0.39, 0.29) is 30.0 Å². The van der Waals surface area contributed by atoms with Crippen molar-refractivity contribution in [3.63, 3.8) is 0 Å². The fourth-order valence-electron chi connectivity index (χ4n) is 2.73. The Morgan fingerprint density at radius 2 is 1.87 bits per heavy atom. The van der Waals surface area contributed by atoms with Crippen LogP contribution in [0.2, 0.25) is 0 Å². The minimum absolute atomic E-state index is 0.0000132. The molecule has 2 aromatic rings. The number of halogens is 2. The summed E-state index contributed by atoms with van der Waals surface area (Å²) in [6.07, 6.45) is 2.63. The molecule has 120 valence electrons. The first-order valence-corrected chi connectivity index (χ1v) is 7.91. The molecule has 0 aliphatic heterocycles. The maximum atomic E-state index is 13.6. The summed E-state index contributed by atoms with van der Waals surface area (Å²) in [5.74, 6) is -0.569. The first-order valence-electron chi connectivity index (χ1n) is 7.91. The van der Waals surface area contributed by atoms with Crippen molar-refractivity contribution in [2.45, 2.75) is 38.3 Å². The Hall–Kier alpha value is -2.23. The highest BCUT2D eigenvalue weighted by Crippen LogP contribution is 2.29. The van der Waals surface area contributed by atoms with E-state index in [0.29, 0.717) is 18.5 Å². The van der Waals surface area contributed by atoms with Crippen LogP contribution in [0, 0.1) is 11.6 Å². The minimum atomic E-state index is -0.294. The quantitative estimate of drug-likeness (QED) is 0.786. The van der Waals surface area contributed by atoms with Crippen molar-refractivity contribution in [3.05, 3.63) is 71.3 Å². The molecule has 1 fully saturated rings. The summed E-state index contributed by atoms with van der Waals surface area (Å²) in [4.78, 5) is 14.3. The number of amides is 1. The molecule has 2 aromatic carbocycles. The fraction of sp³-hybridized carbons (Fsp3) is 0.316. The summed E-state index contributed by atoms with van der Waals surface area (Å²) in [5, 5.41) is 0. The lowest BCUT2D eigenvalue weighted by Gasteiger charge is -2.23. The van der Waals surface area contributed by atoms with E-state index in [4.69, 9.17) is 0 Å². The minimum Gasteiger partial charge on any atom is -0.335 e. The molecule has 0 N–H and O–H groups in total. The van der Waals surface area contributed by atoms with Crippen molar-refractivity contribution in [2.24, 2.45) is 0 Å². The van der Waals surface area contributed by atoms with Gasteiger partial charge in [0.05, 0.1) is 0 Å². The van der Waals surface area contributed by atoms with Crippen LogP contribution in [-0.4, -0.2) is 16.8 Å². The molecular formula is C19H19F2NO. The number of carbonyl (C=O) groups excluding carboxylic acids is 1. The van der Waals surface area contributed by atoms with E-state index in [0.717, 1.165) is 18.4 Å². The summed E-state index contributed by atoms with van der Waals surface area (Å²) in [6.45, 7) is 0.415. The summed E-state index contributed by atoms with van der Waals surface area (Å²) in [7, 11) is 0. The first-order chi connectivity index (χ1) is 11.1. The summed E-state index contributed by atoms with van der Waals surface area (Å²) in [6, 6.07) is 13.1. The molecule has 1 aliphatic rings. The number of hydrogen-bond donors (Lipinski definition) is 0. The fourth-order valence-corrected chi connectivity index (χ4v) is 2.73. The van der Waals surface area contributed by atoms with Crippen LogP contribution in [0.25, 0.3) is 0 Å². The lowest BCUT2D eigenvalue weighted by Crippen LogP contribution is -2.32. The molecule has 0 heterocycles. The van der Waals surface area contributed by atoms with Crippen LogP contribution in [0.15, 0.2) is 48.5 Å². The number of carbonyl (C=O) groups is 1. The normalized spacial score (nSPS) is 13.8. The Labute approximate surface area is 134 Å². The van der Waals surface area contributed by atoms with Crippen molar-refractivity contribution < 1.29 is 13.6 Å². The van der Waals surface area contributed by atoms with E-state index in [1.165, 1.54) is 18.2 Å². The summed E-state index contributed by atoms with van der Waals surface area (Å²) < 4.78 is 26.9. The number of rotatable bonds is 6. The van der Waals surface area contributed by atoms with Gasteiger partial charge < -0.3 is 4.90 Å². The molecule has 4 heteroatoms. The van der Waals surface area contributed by atoms with Gasteiger partial charge in [-0.3, -0.25) is 4.79 Å². The van der Waals surface area contributed by atoms with Crippen molar-refractivity contribution in [1.29, 1.82) is 0 Å². The van der Waals surface area contributed by atoms with Gasteiger partial charge in [0.25, 0.3) is 0 Å². The molecule has 0 aromatic heterocycles. The average Bonchev–Trinajstić information content (AvgIpc) is 3.36. The van der Waals surface area contributed by atoms with Crippen molar-refractivity contribution in [3.8, 4) is 0 Å². The molecule has 0 unspecified atom stereocenters. The smallest absolute Gasteiger partial charge is 0.223 e. The van der Waals surface area contributed by atoms with Crippen LogP contribution in [0.5, 0.6) is 0 Å². The molecule has 1 saturated carbocycles. The lowest BCUT2D eigenvalue weighted by molar-refractivity contribution is -0.132. The molecule has 3 rings (SSSR count). The highest BCUT2D eigenvalue weighted by Gasteiger charge is 2.32. The van der Waals surface area contributed by atoms with Crippen LogP contribution in [0.1, 0.15) is 30.4 Å². The van der Waals surface area contributed by atoms with Crippen molar-refractivity contribution >= 4 is 5.91 Å². The SMILES string of the molecule is O=C(CCc1ccccc1F)N(Cc1cccc(F)c1)C1CC1. The van der Waals surface area contributed by atoms with Crippen molar-refractivity contribution in [2.75, 3.05) is 0 Å². The van der Waals surface area contributed by atoms with Gasteiger partial charge in [0, 0.05) is 19.0 Å². The van der Waals surface area contributed by atoms with Gasteiger partial charge in [-0.2, -0.15) is 0 Å². The number of hydrogen-bond acceptors (Lipinski definition) is 1. The summed E-state index contributed by atoms with van der Waals surface area (Å²) >= 11 is 0. The first kappa shape index (κ1) is 15.7. The maximum absolute atomic E-state index is 13.6. The Bertz CT molecular complexity index is 697. The van der Waals surface area contributed by atoms with E-state index in [1.54, 1.807) is 29.2 Å². The number of benzene rings is 2. The van der Waals surface area contributed by atoms with Crippen LogP contribution in [0.4, 0.5) is 8.78 Å². The second kappa shape index (κ2) is 6.90. The molecule has 0 radical (unpaired) electrons. The van der Waals surface area contributed by atoms with Gasteiger partial charge in [0.2, 0.25) is 5.91 Å². The Kier molecular flexibility index (Phi) is 4.70. The number of nitrogens with zero attached hydrogens (tertiary/aromatic N) is 1. The molecule has 0 bridgehead atoms. The van der Waals surface area contributed by atoms with Gasteiger partial charge in [-0.15, -0.1) is 0 Å². The van der Waals surface area contributed by atoms with Crippen molar-refractivity contribution in [1.82, 2.24) is 4.90 Å². The van der Waals surface area contributed by atoms with Gasteiger partial charge in [0.1, 0.15) is 11.6 Å². The van der Waals surface area contributed by atoms with Crippen LogP contribution < -0.4 is 0 Å². The molecule has 2 nitrogen and oxygen atoms in total. The van der Waals surface area contributed by atoms with Gasteiger partial charge in [0.15, 0.2) is 0 Å². The number of aryl methyl sites for hydroxylation is 1. The van der Waals surface area contributed by atoms with Crippen LogP contribution in [0.3, 0.4) is 0 Å². The third-order valence-electron chi connectivity index (χ3n) is 4.12. The van der Waals surface area contributed by atoms with Gasteiger partial charge >= 0.3 is 0 Å². The van der Waals surface area contributed by atoms with Crippen LogP contribution in [-0.2, 0) is 17.8 Å². The second-order valence-corrected chi connectivity index (χ2v) is 5.97. The molecule has 23 heavy (non-hydrogen) atoms.